The number of benzene rings is 1. The van der Waals surface area contributed by atoms with E-state index in [-0.39, 0.29) is 17.9 Å². The number of carbonyl (C=O) groups excluding carboxylic acids is 3. The minimum absolute atomic E-state index is 0.0299. The van der Waals surface area contributed by atoms with E-state index in [1.807, 2.05) is 0 Å². The fraction of sp³-hybridized carbons (Fsp3) is 0.278. The maximum atomic E-state index is 11.8. The van der Waals surface area contributed by atoms with Crippen LogP contribution in [0.15, 0.2) is 35.9 Å². The van der Waals surface area contributed by atoms with Gasteiger partial charge >= 0.3 is 17.9 Å². The molecule has 0 atom stereocenters. The van der Waals surface area contributed by atoms with Crippen molar-refractivity contribution in [2.24, 2.45) is 0 Å². The Morgan fingerprint density at radius 3 is 2.15 bits per heavy atom. The zero-order valence-electron chi connectivity index (χ0n) is 14.9. The summed E-state index contributed by atoms with van der Waals surface area (Å²) in [4.78, 5) is 34.7. The fourth-order valence-electron chi connectivity index (χ4n) is 1.88. The smallest absolute Gasteiger partial charge is 0.345 e. The molecule has 8 nitrogen and oxygen atoms in total. The molecule has 0 amide bonds. The van der Waals surface area contributed by atoms with Crippen molar-refractivity contribution >= 4 is 24.0 Å². The summed E-state index contributed by atoms with van der Waals surface area (Å²) in [5.41, 5.74) is 0.0832. The molecule has 1 aromatic carbocycles. The molecule has 0 unspecified atom stereocenters. The Kier molecular flexibility index (Phi) is 8.42. The molecule has 26 heavy (non-hydrogen) atoms. The van der Waals surface area contributed by atoms with E-state index >= 15 is 0 Å². The van der Waals surface area contributed by atoms with Crippen LogP contribution in [0.3, 0.4) is 0 Å². The van der Waals surface area contributed by atoms with Crippen LogP contribution in [-0.4, -0.2) is 53.0 Å². The highest BCUT2D eigenvalue weighted by Gasteiger charge is 2.21. The van der Waals surface area contributed by atoms with Crippen LogP contribution in [0.5, 0.6) is 11.5 Å². The van der Waals surface area contributed by atoms with Crippen LogP contribution >= 0.6 is 0 Å². The quantitative estimate of drug-likeness (QED) is 0.225. The van der Waals surface area contributed by atoms with Crippen molar-refractivity contribution in [3.05, 3.63) is 41.5 Å². The molecule has 0 heterocycles. The SMILES string of the molecule is COC(=O)/C=C/COc1c(C=C(C(=O)OC)C(=O)OC)cccc1OC. The third-order valence-corrected chi connectivity index (χ3v) is 3.12. The molecule has 0 aromatic heterocycles. The van der Waals surface area contributed by atoms with Crippen molar-refractivity contribution < 1.29 is 38.1 Å². The van der Waals surface area contributed by atoms with Gasteiger partial charge in [-0.25, -0.2) is 14.4 Å². The van der Waals surface area contributed by atoms with E-state index in [2.05, 4.69) is 14.2 Å². The van der Waals surface area contributed by atoms with Crippen LogP contribution in [0.4, 0.5) is 0 Å². The Balaban J connectivity index is 3.23. The Morgan fingerprint density at radius 1 is 0.962 bits per heavy atom. The maximum absolute atomic E-state index is 11.8. The van der Waals surface area contributed by atoms with Crippen molar-refractivity contribution in [2.75, 3.05) is 35.0 Å². The molecule has 0 radical (unpaired) electrons. The summed E-state index contributed by atoms with van der Waals surface area (Å²) in [7, 11) is 5.01. The van der Waals surface area contributed by atoms with Crippen LogP contribution in [-0.2, 0) is 28.6 Å². The van der Waals surface area contributed by atoms with Crippen LogP contribution in [0.25, 0.3) is 6.08 Å². The minimum Gasteiger partial charge on any atom is -0.493 e. The highest BCUT2D eigenvalue weighted by Crippen LogP contribution is 2.33. The van der Waals surface area contributed by atoms with Gasteiger partial charge in [0.2, 0.25) is 0 Å². The highest BCUT2D eigenvalue weighted by atomic mass is 16.5. The van der Waals surface area contributed by atoms with E-state index in [1.165, 1.54) is 32.4 Å². The first-order valence-electron chi connectivity index (χ1n) is 7.41. The van der Waals surface area contributed by atoms with Gasteiger partial charge in [-0.2, -0.15) is 0 Å². The van der Waals surface area contributed by atoms with Gasteiger partial charge in [0.05, 0.1) is 28.4 Å². The van der Waals surface area contributed by atoms with Gasteiger partial charge < -0.3 is 23.7 Å². The first-order valence-corrected chi connectivity index (χ1v) is 7.41. The van der Waals surface area contributed by atoms with Gasteiger partial charge in [-0.05, 0) is 18.2 Å². The Hall–Kier alpha value is -3.29. The molecular formula is C18H20O8. The second-order valence-electron chi connectivity index (χ2n) is 4.66. The van der Waals surface area contributed by atoms with E-state index in [0.717, 1.165) is 14.2 Å². The average Bonchev–Trinajstić information content (AvgIpc) is 2.68. The maximum Gasteiger partial charge on any atom is 0.345 e. The van der Waals surface area contributed by atoms with Gasteiger partial charge in [0.25, 0.3) is 0 Å². The third kappa shape index (κ3) is 5.66. The molecule has 0 aliphatic carbocycles. The molecule has 0 aliphatic heterocycles. The fourth-order valence-corrected chi connectivity index (χ4v) is 1.88. The van der Waals surface area contributed by atoms with Crippen LogP contribution in [0.2, 0.25) is 0 Å². The van der Waals surface area contributed by atoms with Crippen LogP contribution in [0.1, 0.15) is 5.56 Å². The minimum atomic E-state index is -0.851. The zero-order valence-corrected chi connectivity index (χ0v) is 14.9. The third-order valence-electron chi connectivity index (χ3n) is 3.12. The summed E-state index contributed by atoms with van der Waals surface area (Å²) in [6, 6.07) is 4.92. The number of esters is 3. The Morgan fingerprint density at radius 2 is 1.62 bits per heavy atom. The molecule has 0 N–H and O–H groups in total. The lowest BCUT2D eigenvalue weighted by Gasteiger charge is -2.13. The number of carbonyl (C=O) groups is 3. The summed E-state index contributed by atoms with van der Waals surface area (Å²) in [6.45, 7) is 0.0299. The first-order chi connectivity index (χ1) is 12.5. The van der Waals surface area contributed by atoms with Crippen LogP contribution in [0, 0.1) is 0 Å². The zero-order chi connectivity index (χ0) is 19.5. The monoisotopic (exact) mass is 364 g/mol. The standard InChI is InChI=1S/C18H20O8/c1-22-14-8-5-7-12(11-13(17(20)24-3)18(21)25-4)16(14)26-10-6-9-15(19)23-2/h5-9,11H,10H2,1-4H3/b9-6+. The number of hydrogen-bond donors (Lipinski definition) is 0. The second-order valence-corrected chi connectivity index (χ2v) is 4.66. The average molecular weight is 364 g/mol. The van der Waals surface area contributed by atoms with Crippen molar-refractivity contribution in [1.82, 2.24) is 0 Å². The van der Waals surface area contributed by atoms with Gasteiger partial charge in [-0.3, -0.25) is 0 Å². The summed E-state index contributed by atoms with van der Waals surface area (Å²) >= 11 is 0. The number of para-hydroxylation sites is 1. The highest BCUT2D eigenvalue weighted by molar-refractivity contribution is 6.17. The molecule has 0 fully saturated rings. The van der Waals surface area contributed by atoms with Crippen molar-refractivity contribution in [3.8, 4) is 11.5 Å². The van der Waals surface area contributed by atoms with E-state index in [4.69, 9.17) is 9.47 Å². The molecule has 0 spiro atoms. The van der Waals surface area contributed by atoms with E-state index < -0.39 is 17.9 Å². The normalized spacial score (nSPS) is 10.0. The molecule has 1 rings (SSSR count). The van der Waals surface area contributed by atoms with Crippen molar-refractivity contribution in [3.63, 3.8) is 0 Å². The van der Waals surface area contributed by atoms with Crippen LogP contribution < -0.4 is 9.47 Å². The molecule has 140 valence electrons. The van der Waals surface area contributed by atoms with Gasteiger partial charge in [0.15, 0.2) is 11.5 Å². The van der Waals surface area contributed by atoms with E-state index in [0.29, 0.717) is 11.3 Å². The predicted octanol–water partition coefficient (Wildman–Crippen LogP) is 1.53. The van der Waals surface area contributed by atoms with E-state index in [1.54, 1.807) is 18.2 Å². The molecule has 0 bridgehead atoms. The molecule has 0 aliphatic rings. The van der Waals surface area contributed by atoms with Crippen molar-refractivity contribution in [1.29, 1.82) is 0 Å². The molecule has 0 saturated heterocycles. The summed E-state index contributed by atoms with van der Waals surface area (Å²) in [5.74, 6) is -1.58. The largest absolute Gasteiger partial charge is 0.493 e. The molecule has 1 aromatic rings. The number of ether oxygens (including phenoxy) is 5. The van der Waals surface area contributed by atoms with Gasteiger partial charge in [0.1, 0.15) is 12.2 Å². The lowest BCUT2D eigenvalue weighted by molar-refractivity contribution is -0.144. The molecule has 0 saturated carbocycles. The number of hydrogen-bond acceptors (Lipinski definition) is 8. The van der Waals surface area contributed by atoms with Crippen molar-refractivity contribution in [2.45, 2.75) is 0 Å². The van der Waals surface area contributed by atoms with Gasteiger partial charge in [0, 0.05) is 11.6 Å². The summed E-state index contributed by atoms with van der Waals surface area (Å²) in [5, 5.41) is 0. The Bertz CT molecular complexity index is 700. The molecule has 8 heteroatoms. The molecular weight excluding hydrogens is 344 g/mol. The summed E-state index contributed by atoms with van der Waals surface area (Å²) in [6.07, 6.45) is 3.94. The van der Waals surface area contributed by atoms with Gasteiger partial charge in [-0.1, -0.05) is 12.1 Å². The number of rotatable bonds is 8. The Labute approximate surface area is 150 Å². The number of methoxy groups -OCH3 is 4. The predicted molar refractivity (Wildman–Crippen MR) is 91.7 cm³/mol. The van der Waals surface area contributed by atoms with Gasteiger partial charge in [-0.15, -0.1) is 0 Å². The lowest BCUT2D eigenvalue weighted by Crippen LogP contribution is -2.15. The second kappa shape index (κ2) is 10.5. The van der Waals surface area contributed by atoms with E-state index in [9.17, 15) is 14.4 Å². The first kappa shape index (κ1) is 20.8. The summed E-state index contributed by atoms with van der Waals surface area (Å²) < 4.78 is 24.5. The lowest BCUT2D eigenvalue weighted by atomic mass is 10.1. The topological polar surface area (TPSA) is 97.4 Å².